The predicted octanol–water partition coefficient (Wildman–Crippen LogP) is 5.01. The standard InChI is InChI=1S/C19H20BrClN2O2S.ClH/c1-22(2)10-9-14-12-23(19-8-3-15(20)11-18(14)19)13-26(24,25)17-6-4-16(21)5-7-17;/h3-8,11-12H,9-10,13H2,1-2H3;1H. The molecular weight excluding hydrogens is 471 g/mol. The summed E-state index contributed by atoms with van der Waals surface area (Å²) in [6.45, 7) is 0.898. The number of nitrogens with zero attached hydrogens (tertiary/aromatic N) is 2. The minimum Gasteiger partial charge on any atom is -0.332 e. The molecule has 0 N–H and O–H groups in total. The molecular formula is C19H21BrCl2N2O2S. The molecule has 146 valence electrons. The smallest absolute Gasteiger partial charge is 0.196 e. The van der Waals surface area contributed by atoms with Crippen LogP contribution in [-0.4, -0.2) is 38.5 Å². The van der Waals surface area contributed by atoms with Gasteiger partial charge in [-0.05, 0) is 68.5 Å². The molecule has 0 amide bonds. The van der Waals surface area contributed by atoms with Crippen LogP contribution >= 0.6 is 39.9 Å². The Bertz CT molecular complexity index is 1030. The van der Waals surface area contributed by atoms with Crippen molar-refractivity contribution < 1.29 is 8.42 Å². The van der Waals surface area contributed by atoms with Crippen molar-refractivity contribution >= 4 is 60.7 Å². The summed E-state index contributed by atoms with van der Waals surface area (Å²) < 4.78 is 28.4. The lowest BCUT2D eigenvalue weighted by Crippen LogP contribution is -2.15. The fourth-order valence-electron chi connectivity index (χ4n) is 2.89. The van der Waals surface area contributed by atoms with Crippen molar-refractivity contribution in [1.29, 1.82) is 0 Å². The van der Waals surface area contributed by atoms with E-state index in [1.807, 2.05) is 43.1 Å². The average Bonchev–Trinajstić information content (AvgIpc) is 2.89. The molecule has 0 aliphatic rings. The van der Waals surface area contributed by atoms with Crippen molar-refractivity contribution in [3.8, 4) is 0 Å². The number of likely N-dealkylation sites (N-methyl/N-ethyl adjacent to an activating group) is 1. The van der Waals surface area contributed by atoms with Gasteiger partial charge in [-0.25, -0.2) is 8.42 Å². The molecule has 1 heterocycles. The van der Waals surface area contributed by atoms with Crippen molar-refractivity contribution in [3.05, 3.63) is 63.7 Å². The number of aromatic nitrogens is 1. The van der Waals surface area contributed by atoms with Crippen LogP contribution < -0.4 is 0 Å². The zero-order chi connectivity index (χ0) is 18.9. The Balaban J connectivity index is 0.00000261. The van der Waals surface area contributed by atoms with Crippen molar-refractivity contribution in [3.63, 3.8) is 0 Å². The Morgan fingerprint density at radius 3 is 2.41 bits per heavy atom. The normalized spacial score (nSPS) is 11.7. The summed E-state index contributed by atoms with van der Waals surface area (Å²) in [5.74, 6) is -0.102. The van der Waals surface area contributed by atoms with E-state index in [2.05, 4.69) is 20.8 Å². The summed E-state index contributed by atoms with van der Waals surface area (Å²) >= 11 is 9.38. The molecule has 2 aromatic carbocycles. The van der Waals surface area contributed by atoms with E-state index >= 15 is 0 Å². The molecule has 0 saturated heterocycles. The quantitative estimate of drug-likeness (QED) is 0.486. The zero-order valence-electron chi connectivity index (χ0n) is 15.0. The van der Waals surface area contributed by atoms with E-state index in [1.54, 1.807) is 24.3 Å². The Hall–Kier alpha value is -1.05. The number of hydrogen-bond acceptors (Lipinski definition) is 3. The minimum atomic E-state index is -3.47. The molecule has 0 unspecified atom stereocenters. The predicted molar refractivity (Wildman–Crippen MR) is 118 cm³/mol. The molecule has 3 aromatic rings. The van der Waals surface area contributed by atoms with Crippen LogP contribution in [0, 0.1) is 0 Å². The van der Waals surface area contributed by atoms with E-state index in [0.29, 0.717) is 5.02 Å². The van der Waals surface area contributed by atoms with Gasteiger partial charge in [0.05, 0.1) is 4.90 Å². The van der Waals surface area contributed by atoms with Crippen molar-refractivity contribution in [2.45, 2.75) is 17.2 Å². The fraction of sp³-hybridized carbons (Fsp3) is 0.263. The Kier molecular flexibility index (Phi) is 7.39. The molecule has 0 spiro atoms. The second kappa shape index (κ2) is 8.97. The molecule has 3 rings (SSSR count). The first-order valence-electron chi connectivity index (χ1n) is 8.16. The third-order valence-corrected chi connectivity index (χ3v) is 6.59. The van der Waals surface area contributed by atoms with Gasteiger partial charge >= 0.3 is 0 Å². The van der Waals surface area contributed by atoms with Crippen LogP contribution in [0.5, 0.6) is 0 Å². The SMILES string of the molecule is CN(C)CCc1cn(CS(=O)(=O)c2ccc(Cl)cc2)c2ccc(Br)cc12.Cl. The lowest BCUT2D eigenvalue weighted by Gasteiger charge is -2.08. The number of fused-ring (bicyclic) bond motifs is 1. The molecule has 1 aromatic heterocycles. The van der Waals surface area contributed by atoms with Crippen molar-refractivity contribution in [2.24, 2.45) is 0 Å². The lowest BCUT2D eigenvalue weighted by atomic mass is 10.1. The summed E-state index contributed by atoms with van der Waals surface area (Å²) in [4.78, 5) is 2.39. The van der Waals surface area contributed by atoms with Crippen LogP contribution in [0.3, 0.4) is 0 Å². The average molecular weight is 492 g/mol. The topological polar surface area (TPSA) is 42.3 Å². The van der Waals surface area contributed by atoms with Gasteiger partial charge in [-0.3, -0.25) is 0 Å². The highest BCUT2D eigenvalue weighted by Gasteiger charge is 2.18. The van der Waals surface area contributed by atoms with Gasteiger partial charge in [0.15, 0.2) is 9.84 Å². The largest absolute Gasteiger partial charge is 0.332 e. The van der Waals surface area contributed by atoms with Gasteiger partial charge in [0, 0.05) is 33.1 Å². The maximum absolute atomic E-state index is 12.8. The minimum absolute atomic E-state index is 0. The monoisotopic (exact) mass is 490 g/mol. The molecule has 0 bridgehead atoms. The number of hydrogen-bond donors (Lipinski definition) is 0. The van der Waals surface area contributed by atoms with E-state index < -0.39 is 9.84 Å². The van der Waals surface area contributed by atoms with E-state index in [1.165, 1.54) is 0 Å². The first-order valence-corrected chi connectivity index (χ1v) is 11.0. The highest BCUT2D eigenvalue weighted by molar-refractivity contribution is 9.10. The third kappa shape index (κ3) is 5.27. The van der Waals surface area contributed by atoms with Gasteiger partial charge in [-0.1, -0.05) is 27.5 Å². The molecule has 0 atom stereocenters. The third-order valence-electron chi connectivity index (χ3n) is 4.24. The molecule has 0 radical (unpaired) electrons. The molecule has 27 heavy (non-hydrogen) atoms. The molecule has 0 saturated carbocycles. The van der Waals surface area contributed by atoms with Gasteiger partial charge in [0.25, 0.3) is 0 Å². The number of halogens is 3. The van der Waals surface area contributed by atoms with Crippen LogP contribution in [0.25, 0.3) is 10.9 Å². The maximum Gasteiger partial charge on any atom is 0.196 e. The highest BCUT2D eigenvalue weighted by Crippen LogP contribution is 2.27. The van der Waals surface area contributed by atoms with Crippen LogP contribution in [0.2, 0.25) is 5.02 Å². The maximum atomic E-state index is 12.8. The van der Waals surface area contributed by atoms with Gasteiger partial charge in [-0.15, -0.1) is 12.4 Å². The first kappa shape index (κ1) is 22.2. The van der Waals surface area contributed by atoms with Crippen molar-refractivity contribution in [2.75, 3.05) is 20.6 Å². The molecule has 0 fully saturated rings. The Morgan fingerprint density at radius 2 is 1.78 bits per heavy atom. The second-order valence-electron chi connectivity index (χ2n) is 6.54. The van der Waals surface area contributed by atoms with Gasteiger partial charge in [0.1, 0.15) is 5.88 Å². The van der Waals surface area contributed by atoms with Crippen LogP contribution in [0.4, 0.5) is 0 Å². The number of rotatable bonds is 6. The summed E-state index contributed by atoms with van der Waals surface area (Å²) in [5.41, 5.74) is 2.06. The first-order chi connectivity index (χ1) is 12.3. The molecule has 0 aliphatic heterocycles. The van der Waals surface area contributed by atoms with Gasteiger partial charge < -0.3 is 9.47 Å². The van der Waals surface area contributed by atoms with Crippen LogP contribution in [-0.2, 0) is 22.1 Å². The van der Waals surface area contributed by atoms with Crippen LogP contribution in [0.1, 0.15) is 5.56 Å². The highest BCUT2D eigenvalue weighted by atomic mass is 79.9. The molecule has 0 aliphatic carbocycles. The van der Waals surface area contributed by atoms with Crippen LogP contribution in [0.15, 0.2) is 58.0 Å². The number of sulfone groups is 1. The Labute approximate surface area is 179 Å². The van der Waals surface area contributed by atoms with E-state index in [9.17, 15) is 8.42 Å². The zero-order valence-corrected chi connectivity index (χ0v) is 19.0. The molecule has 4 nitrogen and oxygen atoms in total. The van der Waals surface area contributed by atoms with E-state index in [4.69, 9.17) is 11.6 Å². The molecule has 8 heteroatoms. The van der Waals surface area contributed by atoms with E-state index in [-0.39, 0.29) is 23.2 Å². The summed E-state index contributed by atoms with van der Waals surface area (Å²) in [5, 5.41) is 1.60. The van der Waals surface area contributed by atoms with Crippen molar-refractivity contribution in [1.82, 2.24) is 9.47 Å². The van der Waals surface area contributed by atoms with E-state index in [0.717, 1.165) is 33.9 Å². The fourth-order valence-corrected chi connectivity index (χ4v) is 4.66. The lowest BCUT2D eigenvalue weighted by molar-refractivity contribution is 0.414. The summed E-state index contributed by atoms with van der Waals surface area (Å²) in [7, 11) is 0.588. The second-order valence-corrected chi connectivity index (χ2v) is 9.85. The van der Waals surface area contributed by atoms with Gasteiger partial charge in [-0.2, -0.15) is 0 Å². The summed E-state index contributed by atoms with van der Waals surface area (Å²) in [6.07, 6.45) is 2.81. The number of benzene rings is 2. The van der Waals surface area contributed by atoms with Gasteiger partial charge in [0.2, 0.25) is 0 Å². The Morgan fingerprint density at radius 1 is 1.11 bits per heavy atom. The summed E-state index contributed by atoms with van der Waals surface area (Å²) in [6, 6.07) is 12.2.